The van der Waals surface area contributed by atoms with E-state index in [-0.39, 0.29) is 0 Å². The molecule has 0 rings (SSSR count). The lowest BCUT2D eigenvalue weighted by Gasteiger charge is -2.11. The van der Waals surface area contributed by atoms with Crippen LogP contribution in [0.15, 0.2) is 12.2 Å². The van der Waals surface area contributed by atoms with Gasteiger partial charge >= 0.3 is 0 Å². The number of hydrogen-bond donors (Lipinski definition) is 0. The van der Waals surface area contributed by atoms with Crippen LogP contribution in [0.25, 0.3) is 0 Å². The predicted octanol–water partition coefficient (Wildman–Crippen LogP) is 7.84. The zero-order valence-corrected chi connectivity index (χ0v) is 16.5. The van der Waals surface area contributed by atoms with Gasteiger partial charge in [0.25, 0.3) is 0 Å². The van der Waals surface area contributed by atoms with Crippen LogP contribution in [0.5, 0.6) is 0 Å². The van der Waals surface area contributed by atoms with Crippen LogP contribution in [-0.4, -0.2) is 12.7 Å². The molecule has 23 heavy (non-hydrogen) atoms. The average molecular weight is 325 g/mol. The summed E-state index contributed by atoms with van der Waals surface area (Å²) in [5, 5.41) is 0. The van der Waals surface area contributed by atoms with Gasteiger partial charge in [-0.15, -0.1) is 0 Å². The summed E-state index contributed by atoms with van der Waals surface area (Å²) in [6.45, 7) is 7.59. The number of allylic oxidation sites excluding steroid dienone is 2. The van der Waals surface area contributed by atoms with E-state index in [1.807, 2.05) is 0 Å². The quantitative estimate of drug-likeness (QED) is 0.184. The van der Waals surface area contributed by atoms with E-state index in [4.69, 9.17) is 4.74 Å². The maximum Gasteiger partial charge on any atom is 0.0547 e. The molecule has 0 aromatic carbocycles. The second kappa shape index (κ2) is 19.7. The van der Waals surface area contributed by atoms with E-state index >= 15 is 0 Å². The number of hydrogen-bond acceptors (Lipinski definition) is 1. The van der Waals surface area contributed by atoms with Gasteiger partial charge in [0.15, 0.2) is 0 Å². The van der Waals surface area contributed by atoms with Gasteiger partial charge in [-0.05, 0) is 45.4 Å². The molecule has 0 heterocycles. The first-order chi connectivity index (χ1) is 11.3. The highest BCUT2D eigenvalue weighted by Gasteiger charge is 2.00. The molecule has 1 unspecified atom stereocenters. The molecular formula is C22H44O. The van der Waals surface area contributed by atoms with Gasteiger partial charge < -0.3 is 4.74 Å². The Labute approximate surface area is 147 Å². The Bertz CT molecular complexity index is 234. The van der Waals surface area contributed by atoms with Gasteiger partial charge in [-0.2, -0.15) is 0 Å². The zero-order chi connectivity index (χ0) is 17.0. The number of unbranched alkanes of at least 4 members (excludes halogenated alkanes) is 11. The van der Waals surface area contributed by atoms with E-state index in [2.05, 4.69) is 32.9 Å². The molecule has 0 aromatic heterocycles. The third-order valence-electron chi connectivity index (χ3n) is 4.48. The smallest absolute Gasteiger partial charge is 0.0547 e. The van der Waals surface area contributed by atoms with Crippen LogP contribution in [-0.2, 0) is 4.74 Å². The molecule has 0 amide bonds. The minimum atomic E-state index is 0.458. The van der Waals surface area contributed by atoms with Crippen molar-refractivity contribution in [2.45, 2.75) is 123 Å². The Hall–Kier alpha value is -0.300. The summed E-state index contributed by atoms with van der Waals surface area (Å²) in [5.74, 6) is 0. The van der Waals surface area contributed by atoms with Crippen LogP contribution in [0.2, 0.25) is 0 Å². The van der Waals surface area contributed by atoms with Crippen molar-refractivity contribution in [1.29, 1.82) is 0 Å². The Kier molecular flexibility index (Phi) is 19.5. The molecule has 0 aliphatic carbocycles. The number of ether oxygens (including phenoxy) is 1. The molecule has 0 bridgehead atoms. The fraction of sp³-hybridized carbons (Fsp3) is 0.909. The van der Waals surface area contributed by atoms with Gasteiger partial charge in [-0.3, -0.25) is 0 Å². The summed E-state index contributed by atoms with van der Waals surface area (Å²) >= 11 is 0. The van der Waals surface area contributed by atoms with Crippen molar-refractivity contribution < 1.29 is 4.74 Å². The molecule has 0 aromatic rings. The van der Waals surface area contributed by atoms with Gasteiger partial charge in [0, 0.05) is 6.61 Å². The van der Waals surface area contributed by atoms with Crippen molar-refractivity contribution in [3.8, 4) is 0 Å². The summed E-state index contributed by atoms with van der Waals surface area (Å²) in [6.07, 6.45) is 25.5. The first-order valence-corrected chi connectivity index (χ1v) is 10.6. The average Bonchev–Trinajstić information content (AvgIpc) is 2.56. The Morgan fingerprint density at radius 2 is 1.17 bits per heavy atom. The molecular weight excluding hydrogens is 280 g/mol. The van der Waals surface area contributed by atoms with Crippen molar-refractivity contribution in [2.24, 2.45) is 0 Å². The van der Waals surface area contributed by atoms with Gasteiger partial charge in [-0.25, -0.2) is 0 Å². The van der Waals surface area contributed by atoms with Crippen LogP contribution in [0, 0.1) is 0 Å². The Morgan fingerprint density at radius 1 is 0.652 bits per heavy atom. The molecule has 1 atom stereocenters. The van der Waals surface area contributed by atoms with Crippen LogP contribution in [0.1, 0.15) is 117 Å². The maximum atomic E-state index is 5.70. The number of rotatable bonds is 18. The van der Waals surface area contributed by atoms with E-state index in [0.29, 0.717) is 6.10 Å². The van der Waals surface area contributed by atoms with E-state index in [9.17, 15) is 0 Å². The monoisotopic (exact) mass is 324 g/mol. The molecule has 0 radical (unpaired) electrons. The maximum absolute atomic E-state index is 5.70. The van der Waals surface area contributed by atoms with Gasteiger partial charge in [0.2, 0.25) is 0 Å². The summed E-state index contributed by atoms with van der Waals surface area (Å²) in [5.41, 5.74) is 0. The summed E-state index contributed by atoms with van der Waals surface area (Å²) in [6, 6.07) is 0. The van der Waals surface area contributed by atoms with Crippen LogP contribution in [0.4, 0.5) is 0 Å². The summed E-state index contributed by atoms with van der Waals surface area (Å²) in [7, 11) is 0. The third-order valence-corrected chi connectivity index (χ3v) is 4.48. The zero-order valence-electron chi connectivity index (χ0n) is 16.5. The first-order valence-electron chi connectivity index (χ1n) is 10.6. The molecule has 1 nitrogen and oxygen atoms in total. The van der Waals surface area contributed by atoms with Gasteiger partial charge in [0.05, 0.1) is 6.10 Å². The molecule has 0 N–H and O–H groups in total. The van der Waals surface area contributed by atoms with E-state index in [1.54, 1.807) is 0 Å². The van der Waals surface area contributed by atoms with Crippen LogP contribution >= 0.6 is 0 Å². The highest BCUT2D eigenvalue weighted by atomic mass is 16.5. The lowest BCUT2D eigenvalue weighted by atomic mass is 10.1. The van der Waals surface area contributed by atoms with Crippen LogP contribution in [0.3, 0.4) is 0 Å². The second-order valence-electron chi connectivity index (χ2n) is 7.05. The van der Waals surface area contributed by atoms with Gasteiger partial charge in [-0.1, -0.05) is 83.8 Å². The minimum absolute atomic E-state index is 0.458. The molecule has 0 aliphatic heterocycles. The molecule has 1 heteroatoms. The fourth-order valence-electron chi connectivity index (χ4n) is 2.90. The highest BCUT2D eigenvalue weighted by molar-refractivity contribution is 4.81. The van der Waals surface area contributed by atoms with Crippen LogP contribution < -0.4 is 0 Å². The molecule has 138 valence electrons. The lowest BCUT2D eigenvalue weighted by molar-refractivity contribution is 0.0589. The van der Waals surface area contributed by atoms with Crippen molar-refractivity contribution >= 4 is 0 Å². The highest BCUT2D eigenvalue weighted by Crippen LogP contribution is 2.11. The normalized spacial score (nSPS) is 13.0. The first kappa shape index (κ1) is 22.7. The SMILES string of the molecule is CCCCCCCCC=CCCCCCCCC(C)OCCC. The molecule has 0 aliphatic rings. The van der Waals surface area contributed by atoms with E-state index < -0.39 is 0 Å². The predicted molar refractivity (Wildman–Crippen MR) is 105 cm³/mol. The largest absolute Gasteiger partial charge is 0.379 e. The van der Waals surface area contributed by atoms with Crippen molar-refractivity contribution in [3.05, 3.63) is 12.2 Å². The molecule has 0 fully saturated rings. The Balaban J connectivity index is 3.13. The third kappa shape index (κ3) is 19.7. The summed E-state index contributed by atoms with van der Waals surface area (Å²) < 4.78 is 5.70. The topological polar surface area (TPSA) is 9.23 Å². The van der Waals surface area contributed by atoms with Gasteiger partial charge in [0.1, 0.15) is 0 Å². The van der Waals surface area contributed by atoms with E-state index in [0.717, 1.165) is 13.0 Å². The standard InChI is InChI=1S/C22H44O/c1-4-6-7-8-9-10-11-12-13-14-15-16-17-18-19-20-22(3)23-21-5-2/h12-13,22H,4-11,14-21H2,1-3H3. The molecule has 0 spiro atoms. The molecule has 0 saturated carbocycles. The van der Waals surface area contributed by atoms with Crippen molar-refractivity contribution in [3.63, 3.8) is 0 Å². The van der Waals surface area contributed by atoms with Crippen molar-refractivity contribution in [1.82, 2.24) is 0 Å². The van der Waals surface area contributed by atoms with E-state index in [1.165, 1.54) is 89.9 Å². The summed E-state index contributed by atoms with van der Waals surface area (Å²) in [4.78, 5) is 0. The Morgan fingerprint density at radius 3 is 1.74 bits per heavy atom. The minimum Gasteiger partial charge on any atom is -0.379 e. The molecule has 0 saturated heterocycles. The van der Waals surface area contributed by atoms with Crippen molar-refractivity contribution in [2.75, 3.05) is 6.61 Å². The lowest BCUT2D eigenvalue weighted by Crippen LogP contribution is -2.08. The fourth-order valence-corrected chi connectivity index (χ4v) is 2.90. The second-order valence-corrected chi connectivity index (χ2v) is 7.05.